The Labute approximate surface area is 183 Å². The van der Waals surface area contributed by atoms with Crippen molar-refractivity contribution in [1.29, 1.82) is 0 Å². The predicted octanol–water partition coefficient (Wildman–Crippen LogP) is 1.73. The highest BCUT2D eigenvalue weighted by Crippen LogP contribution is 2.27. The van der Waals surface area contributed by atoms with Crippen LogP contribution in [-0.2, 0) is 23.0 Å². The molecule has 1 atom stereocenters. The van der Waals surface area contributed by atoms with Gasteiger partial charge in [0.1, 0.15) is 12.0 Å². The Morgan fingerprint density at radius 2 is 1.94 bits per heavy atom. The number of rotatable bonds is 8. The molecular formula is C19H19ClN8O2S. The fourth-order valence-electron chi connectivity index (χ4n) is 3.27. The summed E-state index contributed by atoms with van der Waals surface area (Å²) in [6.07, 6.45) is 4.86. The molecule has 0 spiro atoms. The first-order chi connectivity index (χ1) is 14.9. The SMILES string of the molecule is CS(=O)(=O)NC(Cc1ccccc1)Cn1cc(-c2cc(Cl)ccc2-n2cnnn2)nn1. The normalized spacial score (nSPS) is 12.7. The third-order valence-electron chi connectivity index (χ3n) is 4.48. The largest absolute Gasteiger partial charge is 0.250 e. The molecule has 0 aliphatic rings. The van der Waals surface area contributed by atoms with E-state index in [2.05, 4.69) is 30.6 Å². The lowest BCUT2D eigenvalue weighted by atomic mass is 10.1. The van der Waals surface area contributed by atoms with E-state index in [9.17, 15) is 8.42 Å². The van der Waals surface area contributed by atoms with Crippen LogP contribution in [0.4, 0.5) is 0 Å². The third kappa shape index (κ3) is 5.51. The van der Waals surface area contributed by atoms with Crippen molar-refractivity contribution in [2.24, 2.45) is 0 Å². The Balaban J connectivity index is 1.61. The van der Waals surface area contributed by atoms with E-state index in [-0.39, 0.29) is 0 Å². The maximum Gasteiger partial charge on any atom is 0.209 e. The van der Waals surface area contributed by atoms with Crippen molar-refractivity contribution in [3.05, 3.63) is 71.6 Å². The van der Waals surface area contributed by atoms with Gasteiger partial charge in [-0.15, -0.1) is 10.2 Å². The highest BCUT2D eigenvalue weighted by Gasteiger charge is 2.18. The molecule has 2 aromatic heterocycles. The Morgan fingerprint density at radius 1 is 1.13 bits per heavy atom. The molecule has 1 N–H and O–H groups in total. The zero-order valence-corrected chi connectivity index (χ0v) is 18.1. The lowest BCUT2D eigenvalue weighted by Gasteiger charge is -2.17. The summed E-state index contributed by atoms with van der Waals surface area (Å²) in [5.41, 5.74) is 2.96. The zero-order chi connectivity index (χ0) is 21.8. The molecule has 1 unspecified atom stereocenters. The fourth-order valence-corrected chi connectivity index (χ4v) is 4.20. The van der Waals surface area contributed by atoms with Crippen LogP contribution >= 0.6 is 11.6 Å². The van der Waals surface area contributed by atoms with E-state index in [0.29, 0.717) is 34.9 Å². The number of sulfonamides is 1. The first-order valence-corrected chi connectivity index (χ1v) is 11.6. The molecule has 0 saturated carbocycles. The van der Waals surface area contributed by atoms with Gasteiger partial charge in [-0.1, -0.05) is 47.1 Å². The van der Waals surface area contributed by atoms with E-state index in [0.717, 1.165) is 11.8 Å². The Morgan fingerprint density at radius 3 is 2.65 bits per heavy atom. The van der Waals surface area contributed by atoms with Gasteiger partial charge < -0.3 is 0 Å². The molecule has 4 rings (SSSR count). The molecule has 10 nitrogen and oxygen atoms in total. The van der Waals surface area contributed by atoms with Crippen molar-refractivity contribution in [2.45, 2.75) is 19.0 Å². The average molecular weight is 459 g/mol. The van der Waals surface area contributed by atoms with Crippen molar-refractivity contribution >= 4 is 21.6 Å². The van der Waals surface area contributed by atoms with Crippen molar-refractivity contribution in [3.8, 4) is 16.9 Å². The van der Waals surface area contributed by atoms with E-state index in [1.54, 1.807) is 29.1 Å². The van der Waals surface area contributed by atoms with E-state index in [1.807, 2.05) is 30.3 Å². The molecule has 31 heavy (non-hydrogen) atoms. The second-order valence-electron chi connectivity index (χ2n) is 7.02. The molecule has 160 valence electrons. The van der Waals surface area contributed by atoms with Gasteiger partial charge in [0, 0.05) is 16.6 Å². The van der Waals surface area contributed by atoms with Crippen LogP contribution in [0, 0.1) is 0 Å². The summed E-state index contributed by atoms with van der Waals surface area (Å²) in [6.45, 7) is 0.301. The summed E-state index contributed by atoms with van der Waals surface area (Å²) in [6, 6.07) is 14.5. The van der Waals surface area contributed by atoms with Gasteiger partial charge in [-0.3, -0.25) is 4.68 Å². The number of nitrogens with one attached hydrogen (secondary N) is 1. The van der Waals surface area contributed by atoms with Crippen LogP contribution in [0.1, 0.15) is 5.56 Å². The van der Waals surface area contributed by atoms with Gasteiger partial charge in [0.25, 0.3) is 0 Å². The number of halogens is 1. The minimum Gasteiger partial charge on any atom is -0.250 e. The van der Waals surface area contributed by atoms with Gasteiger partial charge in [-0.2, -0.15) is 4.68 Å². The Kier molecular flexibility index (Phi) is 6.07. The standard InChI is InChI=1S/C19H19ClN8O2S/c1-31(29,30)23-16(9-14-5-3-2-4-6-14)11-27-12-18(22-25-27)17-10-15(20)7-8-19(17)28-13-21-24-26-28/h2-8,10,12-13,16,23H,9,11H2,1H3. The summed E-state index contributed by atoms with van der Waals surface area (Å²) in [4.78, 5) is 0. The molecule has 0 radical (unpaired) electrons. The quantitative estimate of drug-likeness (QED) is 0.426. The van der Waals surface area contributed by atoms with Crippen molar-refractivity contribution in [2.75, 3.05) is 6.26 Å². The smallest absolute Gasteiger partial charge is 0.209 e. The molecule has 2 heterocycles. The first-order valence-electron chi connectivity index (χ1n) is 9.32. The maximum absolute atomic E-state index is 11.9. The van der Waals surface area contributed by atoms with Crippen LogP contribution in [0.3, 0.4) is 0 Å². The fraction of sp³-hybridized carbons (Fsp3) is 0.211. The van der Waals surface area contributed by atoms with Crippen LogP contribution in [0.2, 0.25) is 5.02 Å². The predicted molar refractivity (Wildman–Crippen MR) is 115 cm³/mol. The van der Waals surface area contributed by atoms with Crippen LogP contribution in [0.5, 0.6) is 0 Å². The van der Waals surface area contributed by atoms with Gasteiger partial charge in [0.15, 0.2) is 0 Å². The molecule has 4 aromatic rings. The van der Waals surface area contributed by atoms with Gasteiger partial charge in [-0.05, 0) is 40.6 Å². The zero-order valence-electron chi connectivity index (χ0n) is 16.5. The second-order valence-corrected chi connectivity index (χ2v) is 9.23. The van der Waals surface area contributed by atoms with Crippen LogP contribution in [0.15, 0.2) is 61.1 Å². The number of aromatic nitrogens is 7. The molecule has 0 amide bonds. The van der Waals surface area contributed by atoms with E-state index in [4.69, 9.17) is 11.6 Å². The first kappa shape index (κ1) is 21.1. The number of tetrazole rings is 1. The molecule has 12 heteroatoms. The lowest BCUT2D eigenvalue weighted by Crippen LogP contribution is -2.39. The Hall–Kier alpha value is -3.15. The summed E-state index contributed by atoms with van der Waals surface area (Å²) in [5, 5.41) is 20.2. The number of hydrogen-bond acceptors (Lipinski definition) is 7. The summed E-state index contributed by atoms with van der Waals surface area (Å²) in [7, 11) is -3.41. The summed E-state index contributed by atoms with van der Waals surface area (Å²) < 4.78 is 29.5. The van der Waals surface area contributed by atoms with Gasteiger partial charge in [0.2, 0.25) is 10.0 Å². The maximum atomic E-state index is 11.9. The van der Waals surface area contributed by atoms with Crippen molar-refractivity contribution < 1.29 is 8.42 Å². The van der Waals surface area contributed by atoms with Crippen molar-refractivity contribution in [1.82, 2.24) is 39.9 Å². The molecule has 0 bridgehead atoms. The molecule has 0 aliphatic heterocycles. The highest BCUT2D eigenvalue weighted by atomic mass is 35.5. The Bertz CT molecular complexity index is 1260. The third-order valence-corrected chi connectivity index (χ3v) is 5.48. The summed E-state index contributed by atoms with van der Waals surface area (Å²) in [5.74, 6) is 0. The molecular weight excluding hydrogens is 440 g/mol. The molecule has 0 fully saturated rings. The van der Waals surface area contributed by atoms with E-state index < -0.39 is 16.1 Å². The minimum absolute atomic E-state index is 0.301. The second kappa shape index (κ2) is 8.92. The van der Waals surface area contributed by atoms with E-state index in [1.165, 1.54) is 11.0 Å². The van der Waals surface area contributed by atoms with Crippen LogP contribution in [0.25, 0.3) is 16.9 Å². The lowest BCUT2D eigenvalue weighted by molar-refractivity contribution is 0.461. The van der Waals surface area contributed by atoms with E-state index >= 15 is 0 Å². The van der Waals surface area contributed by atoms with Crippen molar-refractivity contribution in [3.63, 3.8) is 0 Å². The average Bonchev–Trinajstić information content (AvgIpc) is 3.39. The van der Waals surface area contributed by atoms with Gasteiger partial charge in [-0.25, -0.2) is 13.1 Å². The number of nitrogens with zero attached hydrogens (tertiary/aromatic N) is 7. The highest BCUT2D eigenvalue weighted by molar-refractivity contribution is 7.88. The monoisotopic (exact) mass is 458 g/mol. The molecule has 0 aliphatic carbocycles. The molecule has 2 aromatic carbocycles. The van der Waals surface area contributed by atoms with Gasteiger partial charge >= 0.3 is 0 Å². The molecule has 0 saturated heterocycles. The number of hydrogen-bond donors (Lipinski definition) is 1. The number of benzene rings is 2. The summed E-state index contributed by atoms with van der Waals surface area (Å²) >= 11 is 6.19. The topological polar surface area (TPSA) is 120 Å². The van der Waals surface area contributed by atoms with Gasteiger partial charge in [0.05, 0.1) is 24.7 Å². The van der Waals surface area contributed by atoms with Crippen LogP contribution in [-0.4, -0.2) is 55.9 Å². The van der Waals surface area contributed by atoms with Crippen LogP contribution < -0.4 is 4.72 Å². The minimum atomic E-state index is -3.41.